The molecular weight excluding hydrogens is 456 g/mol. The van der Waals surface area contributed by atoms with Crippen LogP contribution in [0.3, 0.4) is 0 Å². The minimum absolute atomic E-state index is 0.00625. The third-order valence-corrected chi connectivity index (χ3v) is 6.04. The zero-order chi connectivity index (χ0) is 26.0. The van der Waals surface area contributed by atoms with E-state index in [0.717, 1.165) is 25.7 Å². The Morgan fingerprint density at radius 3 is 2.63 bits per heavy atom. The zero-order valence-corrected chi connectivity index (χ0v) is 21.5. The smallest absolute Gasteiger partial charge is 0.329 e. The van der Waals surface area contributed by atoms with E-state index in [-0.39, 0.29) is 29.2 Å². The molecule has 0 bridgehead atoms. The normalized spacial score (nSPS) is 22.9. The first-order chi connectivity index (χ1) is 16.7. The van der Waals surface area contributed by atoms with Crippen LogP contribution in [0.4, 0.5) is 0 Å². The maximum absolute atomic E-state index is 13.1. The van der Waals surface area contributed by atoms with E-state index in [1.165, 1.54) is 26.3 Å². The molecule has 0 aromatic carbocycles. The first-order valence-corrected chi connectivity index (χ1v) is 12.0. The van der Waals surface area contributed by atoms with Crippen molar-refractivity contribution in [3.05, 3.63) is 18.0 Å². The van der Waals surface area contributed by atoms with E-state index < -0.39 is 36.8 Å². The lowest BCUT2D eigenvalue weighted by Gasteiger charge is -2.30. The minimum atomic E-state index is -0.861. The van der Waals surface area contributed by atoms with Gasteiger partial charge in [-0.3, -0.25) is 9.59 Å². The quantitative estimate of drug-likeness (QED) is 0.386. The molecule has 10 heteroatoms. The molecule has 2 rings (SSSR count). The van der Waals surface area contributed by atoms with Gasteiger partial charge in [-0.1, -0.05) is 26.7 Å². The van der Waals surface area contributed by atoms with Crippen molar-refractivity contribution in [2.75, 3.05) is 21.0 Å². The van der Waals surface area contributed by atoms with Crippen LogP contribution in [0, 0.1) is 11.8 Å². The highest BCUT2D eigenvalue weighted by Gasteiger charge is 2.35. The van der Waals surface area contributed by atoms with E-state index in [4.69, 9.17) is 23.7 Å². The van der Waals surface area contributed by atoms with E-state index in [2.05, 4.69) is 24.1 Å². The van der Waals surface area contributed by atoms with Crippen molar-refractivity contribution in [1.82, 2.24) is 10.3 Å². The number of nitrogens with zero attached hydrogens (tertiary/aromatic N) is 1. The van der Waals surface area contributed by atoms with Crippen molar-refractivity contribution in [3.8, 4) is 11.5 Å². The van der Waals surface area contributed by atoms with Gasteiger partial charge >= 0.3 is 11.9 Å². The number of esters is 2. The Bertz CT molecular complexity index is 860. The summed E-state index contributed by atoms with van der Waals surface area (Å²) in [6, 6.07) is 0.651. The highest BCUT2D eigenvalue weighted by molar-refractivity contribution is 5.98. The molecule has 1 saturated heterocycles. The maximum Gasteiger partial charge on any atom is 0.329 e. The molecule has 196 valence electrons. The SMILES string of the molecule is COc1ccnc(C(=O)N[C@H]2CCC[C@H](CCC(C)C)[C@@H](OC)[C@H](C)OC2=O)c1OCOC(C)=O. The number of carbonyl (C=O) groups is 3. The molecule has 4 atom stereocenters. The number of amides is 1. The Morgan fingerprint density at radius 2 is 2.00 bits per heavy atom. The Kier molecular flexibility index (Phi) is 11.2. The van der Waals surface area contributed by atoms with E-state index in [9.17, 15) is 14.4 Å². The number of aromatic nitrogens is 1. The summed E-state index contributed by atoms with van der Waals surface area (Å²) in [5.41, 5.74) is -0.0956. The van der Waals surface area contributed by atoms with Crippen LogP contribution in [-0.4, -0.2) is 62.1 Å². The number of methoxy groups -OCH3 is 2. The van der Waals surface area contributed by atoms with Crippen molar-refractivity contribution >= 4 is 17.8 Å². The topological polar surface area (TPSA) is 122 Å². The van der Waals surface area contributed by atoms with Gasteiger partial charge in [0, 0.05) is 26.3 Å². The molecule has 1 aliphatic heterocycles. The summed E-state index contributed by atoms with van der Waals surface area (Å²) in [7, 11) is 3.05. The third-order valence-electron chi connectivity index (χ3n) is 6.04. The molecule has 1 aliphatic rings. The van der Waals surface area contributed by atoms with Crippen molar-refractivity contribution in [1.29, 1.82) is 0 Å². The van der Waals surface area contributed by atoms with E-state index >= 15 is 0 Å². The predicted molar refractivity (Wildman–Crippen MR) is 127 cm³/mol. The molecule has 2 heterocycles. The fraction of sp³-hybridized carbons (Fsp3) is 0.680. The van der Waals surface area contributed by atoms with E-state index in [0.29, 0.717) is 12.3 Å². The fourth-order valence-electron chi connectivity index (χ4n) is 4.24. The van der Waals surface area contributed by atoms with Gasteiger partial charge in [-0.05, 0) is 38.0 Å². The molecule has 1 fully saturated rings. The molecule has 1 aromatic heterocycles. The second-order valence-electron chi connectivity index (χ2n) is 9.12. The van der Waals surface area contributed by atoms with Crippen LogP contribution >= 0.6 is 0 Å². The fourth-order valence-corrected chi connectivity index (χ4v) is 4.24. The van der Waals surface area contributed by atoms with Gasteiger partial charge in [0.1, 0.15) is 12.1 Å². The van der Waals surface area contributed by atoms with Gasteiger partial charge in [0.2, 0.25) is 6.79 Å². The van der Waals surface area contributed by atoms with Crippen LogP contribution < -0.4 is 14.8 Å². The molecular formula is C25H38N2O8. The molecule has 35 heavy (non-hydrogen) atoms. The highest BCUT2D eigenvalue weighted by atomic mass is 16.7. The molecule has 10 nitrogen and oxygen atoms in total. The highest BCUT2D eigenvalue weighted by Crippen LogP contribution is 2.31. The number of nitrogens with one attached hydrogen (secondary N) is 1. The second-order valence-corrected chi connectivity index (χ2v) is 9.12. The van der Waals surface area contributed by atoms with Crippen molar-refractivity contribution in [3.63, 3.8) is 0 Å². The lowest BCUT2D eigenvalue weighted by Crippen LogP contribution is -2.44. The summed E-state index contributed by atoms with van der Waals surface area (Å²) in [5, 5.41) is 2.73. The Hall–Kier alpha value is -2.88. The lowest BCUT2D eigenvalue weighted by molar-refractivity contribution is -0.159. The average Bonchev–Trinajstić information content (AvgIpc) is 2.85. The van der Waals surface area contributed by atoms with Gasteiger partial charge in [0.05, 0.1) is 13.2 Å². The molecule has 0 spiro atoms. The number of hydrogen-bond acceptors (Lipinski definition) is 9. The minimum Gasteiger partial charge on any atom is -0.493 e. The first-order valence-electron chi connectivity index (χ1n) is 12.0. The van der Waals surface area contributed by atoms with Crippen LogP contribution in [0.5, 0.6) is 11.5 Å². The van der Waals surface area contributed by atoms with Crippen molar-refractivity contribution < 1.29 is 38.1 Å². The largest absolute Gasteiger partial charge is 0.493 e. The third kappa shape index (κ3) is 8.38. The van der Waals surface area contributed by atoms with Gasteiger partial charge in [0.25, 0.3) is 5.91 Å². The van der Waals surface area contributed by atoms with Crippen LogP contribution in [0.25, 0.3) is 0 Å². The van der Waals surface area contributed by atoms with Crippen LogP contribution in [0.15, 0.2) is 12.3 Å². The number of rotatable bonds is 10. The van der Waals surface area contributed by atoms with Crippen molar-refractivity contribution in [2.45, 2.75) is 78.0 Å². The number of cyclic esters (lactones) is 1. The Balaban J connectivity index is 2.18. The monoisotopic (exact) mass is 494 g/mol. The summed E-state index contributed by atoms with van der Waals surface area (Å²) in [6.07, 6.45) is 4.74. The standard InChI is InChI=1S/C25H38N2O8/c1-15(2)10-11-18-8-7-9-19(25(30)35-16(3)22(18)32-6)27-24(29)21-23(34-14-33-17(4)28)20(31-5)12-13-26-21/h12-13,15-16,18-19,22H,7-11,14H2,1-6H3,(H,27,29)/t16-,18+,19-,22-/m0/s1. The summed E-state index contributed by atoms with van der Waals surface area (Å²) in [6.45, 7) is 7.01. The predicted octanol–water partition coefficient (Wildman–Crippen LogP) is 3.27. The molecule has 0 unspecified atom stereocenters. The molecule has 0 saturated carbocycles. The Morgan fingerprint density at radius 1 is 1.26 bits per heavy atom. The zero-order valence-electron chi connectivity index (χ0n) is 21.5. The molecule has 0 radical (unpaired) electrons. The van der Waals surface area contributed by atoms with E-state index in [1.54, 1.807) is 7.11 Å². The molecule has 1 amide bonds. The van der Waals surface area contributed by atoms with Gasteiger partial charge in [0.15, 0.2) is 17.2 Å². The second kappa shape index (κ2) is 13.9. The number of ether oxygens (including phenoxy) is 5. The molecule has 1 N–H and O–H groups in total. The number of carbonyl (C=O) groups excluding carboxylic acids is 3. The van der Waals surface area contributed by atoms with Crippen LogP contribution in [0.1, 0.15) is 70.3 Å². The summed E-state index contributed by atoms with van der Waals surface area (Å²) >= 11 is 0. The molecule has 0 aliphatic carbocycles. The Labute approximate surface area is 207 Å². The van der Waals surface area contributed by atoms with Gasteiger partial charge in [-0.2, -0.15) is 0 Å². The number of pyridine rings is 1. The van der Waals surface area contributed by atoms with Crippen molar-refractivity contribution in [2.24, 2.45) is 11.8 Å². The van der Waals surface area contributed by atoms with Gasteiger partial charge < -0.3 is 29.0 Å². The van der Waals surface area contributed by atoms with Gasteiger partial charge in [-0.25, -0.2) is 9.78 Å². The van der Waals surface area contributed by atoms with E-state index in [1.807, 2.05) is 6.92 Å². The van der Waals surface area contributed by atoms with Crippen LogP contribution in [0.2, 0.25) is 0 Å². The lowest BCUT2D eigenvalue weighted by atomic mass is 9.86. The summed E-state index contributed by atoms with van der Waals surface area (Å²) in [5.74, 6) is -0.635. The number of hydrogen-bond donors (Lipinski definition) is 1. The first kappa shape index (κ1) is 28.4. The van der Waals surface area contributed by atoms with Crippen LogP contribution in [-0.2, 0) is 23.8 Å². The average molecular weight is 495 g/mol. The molecule has 1 aromatic rings. The summed E-state index contributed by atoms with van der Waals surface area (Å²) < 4.78 is 27.0. The maximum atomic E-state index is 13.1. The van der Waals surface area contributed by atoms with Gasteiger partial charge in [-0.15, -0.1) is 0 Å². The summed E-state index contributed by atoms with van der Waals surface area (Å²) in [4.78, 5) is 41.3.